The van der Waals surface area contributed by atoms with Crippen molar-refractivity contribution >= 4 is 46.4 Å². The number of amides is 4. The van der Waals surface area contributed by atoms with Gasteiger partial charge in [0.25, 0.3) is 5.91 Å². The first-order valence-electron chi connectivity index (χ1n) is 12.3. The summed E-state index contributed by atoms with van der Waals surface area (Å²) in [6.45, 7) is 5.19. The Morgan fingerprint density at radius 2 is 1.74 bits per heavy atom. The molecule has 1 saturated carbocycles. The topological polar surface area (TPSA) is 174 Å². The van der Waals surface area contributed by atoms with Crippen molar-refractivity contribution in [1.82, 2.24) is 5.32 Å². The summed E-state index contributed by atoms with van der Waals surface area (Å²) in [5, 5.41) is 15.6. The SMILES string of the molecule is CC(C)(C)OC(=O)N[C@](CC=Cc1ccc(-c2cc(C(N)=O)c(NC(N)=O)s2)cc1)(C(=O)O)C1CCCC1. The van der Waals surface area contributed by atoms with Crippen LogP contribution in [-0.2, 0) is 9.53 Å². The number of anilines is 1. The van der Waals surface area contributed by atoms with Crippen molar-refractivity contribution in [2.75, 3.05) is 5.32 Å². The molecule has 0 saturated heterocycles. The predicted molar refractivity (Wildman–Crippen MR) is 147 cm³/mol. The van der Waals surface area contributed by atoms with Gasteiger partial charge in [0.15, 0.2) is 0 Å². The number of carbonyl (C=O) groups excluding carboxylic acids is 3. The van der Waals surface area contributed by atoms with E-state index in [2.05, 4.69) is 10.6 Å². The minimum Gasteiger partial charge on any atom is -0.479 e. The van der Waals surface area contributed by atoms with E-state index in [1.54, 1.807) is 39.0 Å². The Balaban J connectivity index is 1.80. The molecule has 1 aliphatic rings. The summed E-state index contributed by atoms with van der Waals surface area (Å²) in [5.74, 6) is -1.97. The molecule has 4 amide bonds. The van der Waals surface area contributed by atoms with Crippen molar-refractivity contribution in [3.05, 3.63) is 47.5 Å². The molecule has 1 aromatic heterocycles. The number of carboxylic acids is 1. The second-order valence-corrected chi connectivity index (χ2v) is 11.4. The number of primary amides is 2. The maximum atomic E-state index is 12.6. The molecule has 7 N–H and O–H groups in total. The Labute approximate surface area is 225 Å². The number of carboxylic acid groups (broad SMARTS) is 1. The number of urea groups is 1. The van der Waals surface area contributed by atoms with E-state index in [0.717, 1.165) is 24.0 Å². The van der Waals surface area contributed by atoms with Crippen LogP contribution in [0.25, 0.3) is 16.5 Å². The molecule has 0 bridgehead atoms. The highest BCUT2D eigenvalue weighted by molar-refractivity contribution is 7.20. The molecule has 1 heterocycles. The zero-order valence-electron chi connectivity index (χ0n) is 21.7. The molecule has 38 heavy (non-hydrogen) atoms. The van der Waals surface area contributed by atoms with Gasteiger partial charge in [0, 0.05) is 4.88 Å². The van der Waals surface area contributed by atoms with Gasteiger partial charge in [-0.1, -0.05) is 49.3 Å². The van der Waals surface area contributed by atoms with E-state index in [1.165, 1.54) is 11.3 Å². The van der Waals surface area contributed by atoms with E-state index in [4.69, 9.17) is 16.2 Å². The number of ether oxygens (including phenoxy) is 1. The molecular formula is C27H34N4O6S. The number of nitrogens with two attached hydrogens (primary N) is 2. The normalized spacial score (nSPS) is 15.7. The van der Waals surface area contributed by atoms with Crippen molar-refractivity contribution in [1.29, 1.82) is 0 Å². The Morgan fingerprint density at radius 3 is 2.26 bits per heavy atom. The van der Waals surface area contributed by atoms with Gasteiger partial charge in [-0.2, -0.15) is 0 Å². The van der Waals surface area contributed by atoms with Crippen LogP contribution in [0, 0.1) is 5.92 Å². The molecule has 3 rings (SSSR count). The van der Waals surface area contributed by atoms with Crippen molar-refractivity contribution < 1.29 is 29.0 Å². The molecule has 11 heteroatoms. The molecule has 1 atom stereocenters. The van der Waals surface area contributed by atoms with Gasteiger partial charge in [-0.3, -0.25) is 10.1 Å². The minimum atomic E-state index is -1.47. The van der Waals surface area contributed by atoms with E-state index < -0.39 is 35.1 Å². The van der Waals surface area contributed by atoms with E-state index in [0.29, 0.717) is 17.7 Å². The number of benzene rings is 1. The maximum Gasteiger partial charge on any atom is 0.408 e. The molecular weight excluding hydrogens is 508 g/mol. The first kappa shape index (κ1) is 28.7. The van der Waals surface area contributed by atoms with Crippen molar-refractivity contribution in [3.8, 4) is 10.4 Å². The zero-order chi connectivity index (χ0) is 28.1. The van der Waals surface area contributed by atoms with Crippen LogP contribution in [0.2, 0.25) is 0 Å². The second-order valence-electron chi connectivity index (χ2n) is 10.3. The lowest BCUT2D eigenvalue weighted by Gasteiger charge is -2.36. The molecule has 0 unspecified atom stereocenters. The Bertz CT molecular complexity index is 1230. The average Bonchev–Trinajstić information content (AvgIpc) is 3.48. The third kappa shape index (κ3) is 7.12. The standard InChI is InChI=1S/C27H34N4O6S/c1-26(2,3)37-25(36)31-27(23(33)34,18-8-4-5-9-18)14-6-7-16-10-12-17(13-11-16)20-15-19(21(28)32)22(38-20)30-24(29)35/h6-7,10-13,15,18H,4-5,8-9,14H2,1-3H3,(H2,28,32)(H,31,36)(H,33,34)(H3,29,30,35)/t27-/m0/s1. The lowest BCUT2D eigenvalue weighted by Crippen LogP contribution is -2.59. The molecule has 1 fully saturated rings. The van der Waals surface area contributed by atoms with Crippen LogP contribution in [0.5, 0.6) is 0 Å². The van der Waals surface area contributed by atoms with E-state index in [-0.39, 0.29) is 22.9 Å². The molecule has 10 nitrogen and oxygen atoms in total. The average molecular weight is 543 g/mol. The minimum absolute atomic E-state index is 0.100. The lowest BCUT2D eigenvalue weighted by molar-refractivity contribution is -0.147. The Kier molecular flexibility index (Phi) is 8.82. The maximum absolute atomic E-state index is 12.6. The summed E-state index contributed by atoms with van der Waals surface area (Å²) in [4.78, 5) is 48.8. The van der Waals surface area contributed by atoms with Crippen LogP contribution in [0.15, 0.2) is 36.4 Å². The summed E-state index contributed by atoms with van der Waals surface area (Å²) in [7, 11) is 0. The van der Waals surface area contributed by atoms with Crippen LogP contribution in [-0.4, -0.2) is 40.2 Å². The van der Waals surface area contributed by atoms with Crippen molar-refractivity contribution in [3.63, 3.8) is 0 Å². The van der Waals surface area contributed by atoms with Gasteiger partial charge in [0.2, 0.25) is 0 Å². The summed E-state index contributed by atoms with van der Waals surface area (Å²) >= 11 is 1.17. The Morgan fingerprint density at radius 1 is 1.11 bits per heavy atom. The lowest BCUT2D eigenvalue weighted by atomic mass is 9.79. The molecule has 0 radical (unpaired) electrons. The van der Waals surface area contributed by atoms with Gasteiger partial charge < -0.3 is 26.6 Å². The highest BCUT2D eigenvalue weighted by Gasteiger charge is 2.48. The quantitative estimate of drug-likeness (QED) is 0.300. The van der Waals surface area contributed by atoms with Crippen LogP contribution in [0.1, 0.15) is 68.8 Å². The molecule has 0 spiro atoms. The largest absolute Gasteiger partial charge is 0.479 e. The molecule has 0 aliphatic heterocycles. The fourth-order valence-electron chi connectivity index (χ4n) is 4.60. The van der Waals surface area contributed by atoms with Crippen LogP contribution < -0.4 is 22.1 Å². The highest BCUT2D eigenvalue weighted by atomic mass is 32.1. The van der Waals surface area contributed by atoms with E-state index in [9.17, 15) is 24.3 Å². The molecule has 1 aliphatic carbocycles. The fraction of sp³-hybridized carbons (Fsp3) is 0.407. The third-order valence-corrected chi connectivity index (χ3v) is 7.44. The number of alkyl carbamates (subject to hydrolysis) is 1. The fourth-order valence-corrected chi connectivity index (χ4v) is 5.67. The first-order valence-corrected chi connectivity index (χ1v) is 13.1. The highest BCUT2D eigenvalue weighted by Crippen LogP contribution is 2.38. The van der Waals surface area contributed by atoms with Gasteiger partial charge >= 0.3 is 18.1 Å². The van der Waals surface area contributed by atoms with Crippen molar-refractivity contribution in [2.45, 2.75) is 64.0 Å². The smallest absolute Gasteiger partial charge is 0.408 e. The van der Waals surface area contributed by atoms with Gasteiger partial charge in [0.05, 0.1) is 5.56 Å². The van der Waals surface area contributed by atoms with Gasteiger partial charge in [-0.05, 0) is 63.1 Å². The van der Waals surface area contributed by atoms with Crippen LogP contribution in [0.4, 0.5) is 14.6 Å². The Hall–Kier alpha value is -3.86. The number of carbonyl (C=O) groups is 4. The second kappa shape index (κ2) is 11.7. The molecule has 1 aromatic carbocycles. The summed E-state index contributed by atoms with van der Waals surface area (Å²) in [6, 6.07) is 8.16. The third-order valence-electron chi connectivity index (χ3n) is 6.34. The van der Waals surface area contributed by atoms with Crippen LogP contribution >= 0.6 is 11.3 Å². The van der Waals surface area contributed by atoms with E-state index in [1.807, 2.05) is 24.3 Å². The van der Waals surface area contributed by atoms with Gasteiger partial charge in [-0.25, -0.2) is 14.4 Å². The molecule has 204 valence electrons. The van der Waals surface area contributed by atoms with Crippen molar-refractivity contribution in [2.24, 2.45) is 17.4 Å². The monoisotopic (exact) mass is 542 g/mol. The number of hydrogen-bond acceptors (Lipinski definition) is 6. The van der Waals surface area contributed by atoms with Gasteiger partial charge in [0.1, 0.15) is 16.1 Å². The number of thiophene rings is 1. The first-order chi connectivity index (χ1) is 17.8. The van der Waals surface area contributed by atoms with Crippen LogP contribution in [0.3, 0.4) is 0 Å². The summed E-state index contributed by atoms with van der Waals surface area (Å²) < 4.78 is 5.37. The predicted octanol–water partition coefficient (Wildman–Crippen LogP) is 4.95. The van der Waals surface area contributed by atoms with E-state index >= 15 is 0 Å². The number of nitrogens with one attached hydrogen (secondary N) is 2. The number of aliphatic carboxylic acids is 1. The number of rotatable bonds is 9. The number of hydrogen-bond donors (Lipinski definition) is 5. The summed E-state index contributed by atoms with van der Waals surface area (Å²) in [5.41, 5.74) is 10.2. The summed E-state index contributed by atoms with van der Waals surface area (Å²) in [6.07, 6.45) is 6.16. The van der Waals surface area contributed by atoms with Gasteiger partial charge in [-0.15, -0.1) is 11.3 Å². The zero-order valence-corrected chi connectivity index (χ0v) is 22.5. The molecule has 2 aromatic rings.